The molecule has 154 valence electrons. The summed E-state index contributed by atoms with van der Waals surface area (Å²) in [7, 11) is -3.12. The summed E-state index contributed by atoms with van der Waals surface area (Å²) in [4.78, 5) is 13.5. The molecule has 2 aliphatic rings. The lowest BCUT2D eigenvalue weighted by Crippen LogP contribution is -2.47. The third-order valence-electron chi connectivity index (χ3n) is 5.28. The van der Waals surface area contributed by atoms with Crippen LogP contribution >= 0.6 is 22.9 Å². The topological polar surface area (TPSA) is 78.9 Å². The second kappa shape index (κ2) is 8.00. The van der Waals surface area contributed by atoms with E-state index in [4.69, 9.17) is 16.3 Å². The minimum absolute atomic E-state index is 0.234. The summed E-state index contributed by atoms with van der Waals surface area (Å²) in [5.74, 6) is 0.879. The van der Waals surface area contributed by atoms with Crippen LogP contribution in [0.15, 0.2) is 5.38 Å². The fraction of sp³-hybridized carbons (Fsp3) is 0.647. The second-order valence-corrected chi connectivity index (χ2v) is 10.5. The zero-order chi connectivity index (χ0) is 19.9. The van der Waals surface area contributed by atoms with Crippen molar-refractivity contribution in [1.82, 2.24) is 19.2 Å². The van der Waals surface area contributed by atoms with E-state index < -0.39 is 10.0 Å². The number of anilines is 1. The summed E-state index contributed by atoms with van der Waals surface area (Å²) >= 11 is 7.91. The van der Waals surface area contributed by atoms with Gasteiger partial charge in [-0.2, -0.15) is 9.29 Å². The van der Waals surface area contributed by atoms with Gasteiger partial charge in [-0.25, -0.2) is 13.4 Å². The maximum atomic E-state index is 11.7. The Morgan fingerprint density at radius 3 is 2.68 bits per heavy atom. The van der Waals surface area contributed by atoms with E-state index in [2.05, 4.69) is 32.1 Å². The summed E-state index contributed by atoms with van der Waals surface area (Å²) < 4.78 is 31.5. The molecule has 28 heavy (non-hydrogen) atoms. The minimum atomic E-state index is -3.12. The average molecular weight is 446 g/mol. The number of hydrogen-bond donors (Lipinski definition) is 0. The number of nitrogens with zero attached hydrogens (tertiary/aromatic N) is 5. The monoisotopic (exact) mass is 445 g/mol. The molecule has 0 amide bonds. The van der Waals surface area contributed by atoms with E-state index in [1.165, 1.54) is 10.6 Å². The molecule has 2 fully saturated rings. The molecule has 2 saturated heterocycles. The van der Waals surface area contributed by atoms with Gasteiger partial charge in [0.1, 0.15) is 0 Å². The van der Waals surface area contributed by atoms with Crippen molar-refractivity contribution in [2.24, 2.45) is 0 Å². The van der Waals surface area contributed by atoms with Crippen molar-refractivity contribution in [2.45, 2.75) is 19.5 Å². The number of halogens is 1. The van der Waals surface area contributed by atoms with E-state index in [-0.39, 0.29) is 11.3 Å². The molecular formula is C17H24ClN5O3S2. The Bertz CT molecular complexity index is 959. The van der Waals surface area contributed by atoms with Crippen LogP contribution in [-0.4, -0.2) is 85.8 Å². The first-order valence-corrected chi connectivity index (χ1v) is 12.4. The molecule has 2 aromatic rings. The largest absolute Gasteiger partial charge is 0.377 e. The SMILES string of the molecule is C[C@@H]1COCCN1c1nc(Cl)nc2c(CN3CCN(S(C)(=O)=O)CC3)csc12. The molecule has 2 aromatic heterocycles. The van der Waals surface area contributed by atoms with E-state index in [0.717, 1.165) is 34.7 Å². The number of rotatable bonds is 4. The molecule has 4 heterocycles. The van der Waals surface area contributed by atoms with Crippen LogP contribution in [-0.2, 0) is 21.3 Å². The Balaban J connectivity index is 1.56. The van der Waals surface area contributed by atoms with Crippen molar-refractivity contribution >= 4 is 49.0 Å². The summed E-state index contributed by atoms with van der Waals surface area (Å²) in [5, 5.41) is 2.37. The molecule has 0 radical (unpaired) electrons. The Hall–Kier alpha value is -1.04. The van der Waals surface area contributed by atoms with Crippen molar-refractivity contribution in [3.8, 4) is 0 Å². The van der Waals surface area contributed by atoms with Gasteiger partial charge in [0.15, 0.2) is 5.82 Å². The molecule has 1 atom stereocenters. The number of fused-ring (bicyclic) bond motifs is 1. The summed E-state index contributed by atoms with van der Waals surface area (Å²) in [6, 6.07) is 0.234. The van der Waals surface area contributed by atoms with Gasteiger partial charge in [0.05, 0.1) is 35.7 Å². The number of sulfonamides is 1. The summed E-state index contributed by atoms with van der Waals surface area (Å²) in [6.07, 6.45) is 1.27. The fourth-order valence-corrected chi connectivity index (χ4v) is 5.73. The molecule has 0 aliphatic carbocycles. The van der Waals surface area contributed by atoms with Gasteiger partial charge in [-0.3, -0.25) is 4.90 Å². The van der Waals surface area contributed by atoms with Crippen LogP contribution in [0.25, 0.3) is 10.2 Å². The molecule has 4 rings (SSSR count). The van der Waals surface area contributed by atoms with Gasteiger partial charge in [-0.05, 0) is 23.9 Å². The summed E-state index contributed by atoms with van der Waals surface area (Å²) in [5.41, 5.74) is 2.00. The van der Waals surface area contributed by atoms with Gasteiger partial charge in [0.25, 0.3) is 0 Å². The summed E-state index contributed by atoms with van der Waals surface area (Å²) in [6.45, 7) is 7.43. The first-order chi connectivity index (χ1) is 13.3. The van der Waals surface area contributed by atoms with Gasteiger partial charge in [-0.1, -0.05) is 0 Å². The third-order valence-corrected chi connectivity index (χ3v) is 7.76. The highest BCUT2D eigenvalue weighted by molar-refractivity contribution is 7.88. The zero-order valence-corrected chi connectivity index (χ0v) is 18.4. The minimum Gasteiger partial charge on any atom is -0.377 e. The number of thiophene rings is 1. The molecule has 0 saturated carbocycles. The standard InChI is InChI=1S/C17H24ClN5O3S2/c1-12-10-26-8-7-23(12)16-15-14(19-17(18)20-16)13(11-27-15)9-21-3-5-22(6-4-21)28(2,24)25/h11-12H,3-10H2,1-2H3/t12-/m1/s1. The Labute approximate surface area is 174 Å². The van der Waals surface area contributed by atoms with Crippen molar-refractivity contribution in [2.75, 3.05) is 57.1 Å². The molecule has 0 N–H and O–H groups in total. The molecular weight excluding hydrogens is 422 g/mol. The molecule has 0 bridgehead atoms. The van der Waals surface area contributed by atoms with Crippen LogP contribution in [0.4, 0.5) is 5.82 Å². The molecule has 8 nitrogen and oxygen atoms in total. The first-order valence-electron chi connectivity index (χ1n) is 9.28. The molecule has 2 aliphatic heterocycles. The highest BCUT2D eigenvalue weighted by atomic mass is 35.5. The van der Waals surface area contributed by atoms with Gasteiger partial charge in [-0.15, -0.1) is 11.3 Å². The molecule has 0 unspecified atom stereocenters. The molecule has 0 spiro atoms. The van der Waals surface area contributed by atoms with Crippen LogP contribution in [0.1, 0.15) is 12.5 Å². The Morgan fingerprint density at radius 1 is 1.25 bits per heavy atom. The van der Waals surface area contributed by atoms with E-state index in [1.807, 2.05) is 0 Å². The van der Waals surface area contributed by atoms with Crippen molar-refractivity contribution < 1.29 is 13.2 Å². The molecule has 0 aromatic carbocycles. The number of ether oxygens (including phenoxy) is 1. The Morgan fingerprint density at radius 2 is 2.00 bits per heavy atom. The normalized spacial score (nSPS) is 22.8. The zero-order valence-electron chi connectivity index (χ0n) is 16.0. The smallest absolute Gasteiger partial charge is 0.224 e. The second-order valence-electron chi connectivity index (χ2n) is 7.31. The lowest BCUT2D eigenvalue weighted by Gasteiger charge is -2.34. The number of piperazine rings is 1. The highest BCUT2D eigenvalue weighted by Gasteiger charge is 2.27. The van der Waals surface area contributed by atoms with Crippen LogP contribution in [0, 0.1) is 0 Å². The lowest BCUT2D eigenvalue weighted by molar-refractivity contribution is 0.0987. The third kappa shape index (κ3) is 4.12. The number of hydrogen-bond acceptors (Lipinski definition) is 8. The van der Waals surface area contributed by atoms with Crippen molar-refractivity contribution in [3.05, 3.63) is 16.2 Å². The maximum absolute atomic E-state index is 11.7. The quantitative estimate of drug-likeness (QED) is 0.662. The fourth-order valence-electron chi connectivity index (χ4n) is 3.73. The number of aromatic nitrogens is 2. The van der Waals surface area contributed by atoms with Crippen molar-refractivity contribution in [3.63, 3.8) is 0 Å². The van der Waals surface area contributed by atoms with Crippen molar-refractivity contribution in [1.29, 1.82) is 0 Å². The van der Waals surface area contributed by atoms with Gasteiger partial charge < -0.3 is 9.64 Å². The Kier molecular flexibility index (Phi) is 5.78. The van der Waals surface area contributed by atoms with Gasteiger partial charge in [0, 0.05) is 44.8 Å². The van der Waals surface area contributed by atoms with Gasteiger partial charge in [0.2, 0.25) is 15.3 Å². The van der Waals surface area contributed by atoms with E-state index >= 15 is 0 Å². The van der Waals surface area contributed by atoms with E-state index in [0.29, 0.717) is 39.4 Å². The maximum Gasteiger partial charge on any atom is 0.224 e. The van der Waals surface area contributed by atoms with Gasteiger partial charge >= 0.3 is 0 Å². The van der Waals surface area contributed by atoms with Crippen LogP contribution in [0.2, 0.25) is 5.28 Å². The van der Waals surface area contributed by atoms with E-state index in [9.17, 15) is 8.42 Å². The number of morpholine rings is 1. The molecule has 11 heteroatoms. The van der Waals surface area contributed by atoms with Crippen LogP contribution in [0.3, 0.4) is 0 Å². The first kappa shape index (κ1) is 20.2. The van der Waals surface area contributed by atoms with Crippen LogP contribution in [0.5, 0.6) is 0 Å². The average Bonchev–Trinajstić information content (AvgIpc) is 3.04. The lowest BCUT2D eigenvalue weighted by atomic mass is 10.2. The predicted octanol–water partition coefficient (Wildman–Crippen LogP) is 1.65. The predicted molar refractivity (Wildman–Crippen MR) is 112 cm³/mol. The van der Waals surface area contributed by atoms with Crippen LogP contribution < -0.4 is 4.90 Å². The van der Waals surface area contributed by atoms with E-state index in [1.54, 1.807) is 11.3 Å². The highest BCUT2D eigenvalue weighted by Crippen LogP contribution is 2.35.